The van der Waals surface area contributed by atoms with Gasteiger partial charge in [0.15, 0.2) is 0 Å². The van der Waals surface area contributed by atoms with E-state index in [-0.39, 0.29) is 6.42 Å². The van der Waals surface area contributed by atoms with E-state index in [4.69, 9.17) is 4.74 Å². The number of hydrogen-bond donors (Lipinski definition) is 3. The van der Waals surface area contributed by atoms with E-state index in [0.717, 1.165) is 11.1 Å². The fraction of sp³-hybridized carbons (Fsp3) is 0.270. The first kappa shape index (κ1) is 30.7. The van der Waals surface area contributed by atoms with E-state index >= 15 is 0 Å². The highest BCUT2D eigenvalue weighted by molar-refractivity contribution is 6.10. The standard InChI is InChI=1S/C37H38N2O5/c1-23-19-25(3)27(20-24(23)2)22-44-30-17-15-26(16-18-30)32-33(35(41)38-28-11-7-5-8-12-28)31(40)21-37(4,43)34(32)36(42)39-29-13-9-6-10-14-29/h5-20,32-34,43H,21-22H2,1-4H3,(H,38,41)(H,39,42). The van der Waals surface area contributed by atoms with Crippen LogP contribution in [0.2, 0.25) is 0 Å². The van der Waals surface area contributed by atoms with Gasteiger partial charge in [0.05, 0.1) is 11.5 Å². The lowest BCUT2D eigenvalue weighted by molar-refractivity contribution is -0.150. The van der Waals surface area contributed by atoms with Gasteiger partial charge >= 0.3 is 0 Å². The minimum Gasteiger partial charge on any atom is -0.489 e. The summed E-state index contributed by atoms with van der Waals surface area (Å²) in [6, 6.07) is 29.2. The third-order valence-corrected chi connectivity index (χ3v) is 8.53. The van der Waals surface area contributed by atoms with E-state index in [1.807, 2.05) is 12.1 Å². The third kappa shape index (κ3) is 6.74. The predicted octanol–water partition coefficient (Wildman–Crippen LogP) is 6.51. The Kier molecular flexibility index (Phi) is 8.97. The summed E-state index contributed by atoms with van der Waals surface area (Å²) < 4.78 is 6.10. The molecule has 1 saturated carbocycles. The van der Waals surface area contributed by atoms with Crippen molar-refractivity contribution in [1.82, 2.24) is 0 Å². The highest BCUT2D eigenvalue weighted by atomic mass is 16.5. The van der Waals surface area contributed by atoms with Crippen LogP contribution in [0.1, 0.15) is 47.1 Å². The van der Waals surface area contributed by atoms with Gasteiger partial charge in [-0.3, -0.25) is 14.4 Å². The van der Waals surface area contributed by atoms with E-state index in [1.165, 1.54) is 18.1 Å². The zero-order valence-electron chi connectivity index (χ0n) is 25.5. The van der Waals surface area contributed by atoms with Crippen molar-refractivity contribution in [1.29, 1.82) is 0 Å². The second-order valence-electron chi connectivity index (χ2n) is 11.9. The number of Topliss-reactive ketones (excluding diaryl/α,β-unsaturated/α-hetero) is 1. The van der Waals surface area contributed by atoms with Crippen LogP contribution in [0.25, 0.3) is 0 Å². The van der Waals surface area contributed by atoms with Crippen molar-refractivity contribution in [2.24, 2.45) is 11.8 Å². The lowest BCUT2D eigenvalue weighted by Gasteiger charge is -2.44. The number of nitrogens with one attached hydrogen (secondary N) is 2. The molecule has 0 aliphatic heterocycles. The molecule has 4 aromatic carbocycles. The number of para-hydroxylation sites is 2. The van der Waals surface area contributed by atoms with Gasteiger partial charge in [-0.1, -0.05) is 60.7 Å². The summed E-state index contributed by atoms with van der Waals surface area (Å²) in [6.45, 7) is 8.08. The molecule has 1 fully saturated rings. The number of carbonyl (C=O) groups is 3. The van der Waals surface area contributed by atoms with Gasteiger partial charge in [-0.05, 0) is 91.9 Å². The molecule has 0 saturated heterocycles. The molecule has 1 aliphatic carbocycles. The van der Waals surface area contributed by atoms with E-state index in [9.17, 15) is 19.5 Å². The molecule has 2 amide bonds. The summed E-state index contributed by atoms with van der Waals surface area (Å²) in [5.41, 5.74) is 4.63. The summed E-state index contributed by atoms with van der Waals surface area (Å²) in [4.78, 5) is 41.2. The number of rotatable bonds is 8. The number of hydrogen-bond acceptors (Lipinski definition) is 5. The maximum absolute atomic E-state index is 13.9. The molecule has 0 aromatic heterocycles. The molecular formula is C37H38N2O5. The average molecular weight is 591 g/mol. The molecule has 0 spiro atoms. The average Bonchev–Trinajstić information content (AvgIpc) is 2.98. The Morgan fingerprint density at radius 2 is 1.34 bits per heavy atom. The number of aryl methyl sites for hydroxylation is 3. The van der Waals surface area contributed by atoms with Crippen LogP contribution in [0.3, 0.4) is 0 Å². The van der Waals surface area contributed by atoms with Gasteiger partial charge in [-0.2, -0.15) is 0 Å². The lowest BCUT2D eigenvalue weighted by Crippen LogP contribution is -2.56. The van der Waals surface area contributed by atoms with Gasteiger partial charge in [0.25, 0.3) is 0 Å². The van der Waals surface area contributed by atoms with E-state index in [0.29, 0.717) is 29.3 Å². The number of ether oxygens (including phenoxy) is 1. The highest BCUT2D eigenvalue weighted by Gasteiger charge is 2.55. The molecule has 7 nitrogen and oxygen atoms in total. The van der Waals surface area contributed by atoms with Gasteiger partial charge in [-0.15, -0.1) is 0 Å². The van der Waals surface area contributed by atoms with Crippen LogP contribution in [0.4, 0.5) is 11.4 Å². The Morgan fingerprint density at radius 1 is 0.795 bits per heavy atom. The Hall–Kier alpha value is -4.75. The second kappa shape index (κ2) is 12.9. The predicted molar refractivity (Wildman–Crippen MR) is 172 cm³/mol. The fourth-order valence-corrected chi connectivity index (χ4v) is 6.10. The number of carbonyl (C=O) groups excluding carboxylic acids is 3. The van der Waals surface area contributed by atoms with Crippen LogP contribution >= 0.6 is 0 Å². The SMILES string of the molecule is Cc1cc(C)c(COc2ccc(C3C(C(=O)Nc4ccccc4)C(=O)CC(C)(O)C3C(=O)Nc3ccccc3)cc2)cc1C. The zero-order chi connectivity index (χ0) is 31.4. The van der Waals surface area contributed by atoms with Crippen LogP contribution in [-0.4, -0.2) is 28.3 Å². The van der Waals surface area contributed by atoms with E-state index < -0.39 is 41.0 Å². The molecule has 0 bridgehead atoms. The number of benzene rings is 4. The van der Waals surface area contributed by atoms with E-state index in [2.05, 4.69) is 43.5 Å². The van der Waals surface area contributed by atoms with Crippen molar-refractivity contribution in [3.05, 3.63) is 125 Å². The Labute approximate surface area is 258 Å². The minimum absolute atomic E-state index is 0.334. The van der Waals surface area contributed by atoms with Crippen molar-refractivity contribution in [3.63, 3.8) is 0 Å². The Balaban J connectivity index is 1.48. The third-order valence-electron chi connectivity index (χ3n) is 8.53. The molecular weight excluding hydrogens is 552 g/mol. The van der Waals surface area contributed by atoms with Gasteiger partial charge < -0.3 is 20.5 Å². The molecule has 4 atom stereocenters. The van der Waals surface area contributed by atoms with Crippen LogP contribution < -0.4 is 15.4 Å². The van der Waals surface area contributed by atoms with Crippen molar-refractivity contribution in [3.8, 4) is 5.75 Å². The number of aliphatic hydroxyl groups is 1. The molecule has 4 unspecified atom stereocenters. The summed E-state index contributed by atoms with van der Waals surface area (Å²) in [7, 11) is 0. The monoisotopic (exact) mass is 590 g/mol. The Morgan fingerprint density at radius 3 is 1.93 bits per heavy atom. The molecule has 0 heterocycles. The van der Waals surface area contributed by atoms with Crippen LogP contribution in [0.5, 0.6) is 5.75 Å². The maximum Gasteiger partial charge on any atom is 0.235 e. The lowest BCUT2D eigenvalue weighted by atomic mass is 9.61. The van der Waals surface area contributed by atoms with Gasteiger partial charge in [0, 0.05) is 23.7 Å². The van der Waals surface area contributed by atoms with Crippen molar-refractivity contribution < 1.29 is 24.2 Å². The normalized spacial score (nSPS) is 21.4. The maximum atomic E-state index is 13.9. The van der Waals surface area contributed by atoms with Gasteiger partial charge in [0.2, 0.25) is 11.8 Å². The van der Waals surface area contributed by atoms with Crippen LogP contribution in [0, 0.1) is 32.6 Å². The molecule has 7 heteroatoms. The number of ketones is 1. The summed E-state index contributed by atoms with van der Waals surface area (Å²) >= 11 is 0. The second-order valence-corrected chi connectivity index (χ2v) is 11.9. The molecule has 44 heavy (non-hydrogen) atoms. The summed E-state index contributed by atoms with van der Waals surface area (Å²) in [6.07, 6.45) is -0.334. The molecule has 0 radical (unpaired) electrons. The number of anilines is 2. The van der Waals surface area contributed by atoms with Gasteiger partial charge in [-0.25, -0.2) is 0 Å². The first-order chi connectivity index (χ1) is 21.0. The van der Waals surface area contributed by atoms with Crippen molar-refractivity contribution >= 4 is 29.0 Å². The quantitative estimate of drug-likeness (QED) is 0.203. The minimum atomic E-state index is -1.69. The van der Waals surface area contributed by atoms with Crippen molar-refractivity contribution in [2.75, 3.05) is 10.6 Å². The largest absolute Gasteiger partial charge is 0.489 e. The Bertz CT molecular complexity index is 1650. The van der Waals surface area contributed by atoms with Gasteiger partial charge in [0.1, 0.15) is 24.1 Å². The number of amides is 2. The molecule has 1 aliphatic rings. The summed E-state index contributed by atoms with van der Waals surface area (Å²) in [5, 5.41) is 17.3. The summed E-state index contributed by atoms with van der Waals surface area (Å²) in [5.74, 6) is -4.05. The smallest absolute Gasteiger partial charge is 0.235 e. The topological polar surface area (TPSA) is 105 Å². The fourth-order valence-electron chi connectivity index (χ4n) is 6.10. The van der Waals surface area contributed by atoms with Crippen LogP contribution in [-0.2, 0) is 21.0 Å². The first-order valence-corrected chi connectivity index (χ1v) is 14.8. The van der Waals surface area contributed by atoms with E-state index in [1.54, 1.807) is 72.8 Å². The molecule has 5 rings (SSSR count). The molecule has 4 aromatic rings. The molecule has 3 N–H and O–H groups in total. The van der Waals surface area contributed by atoms with Crippen molar-refractivity contribution in [2.45, 2.75) is 52.2 Å². The highest BCUT2D eigenvalue weighted by Crippen LogP contribution is 2.47. The first-order valence-electron chi connectivity index (χ1n) is 14.8. The zero-order valence-corrected chi connectivity index (χ0v) is 25.5. The van der Waals surface area contributed by atoms with Crippen LogP contribution in [0.15, 0.2) is 97.1 Å². The molecule has 226 valence electrons.